The van der Waals surface area contributed by atoms with Gasteiger partial charge in [-0.2, -0.15) is 0 Å². The van der Waals surface area contributed by atoms with Gasteiger partial charge in [-0.15, -0.1) is 0 Å². The van der Waals surface area contributed by atoms with E-state index in [1.807, 2.05) is 126 Å². The highest BCUT2D eigenvalue weighted by Crippen LogP contribution is 2.40. The van der Waals surface area contributed by atoms with Gasteiger partial charge in [-0.25, -0.2) is 44.7 Å². The molecule has 12 heterocycles. The predicted molar refractivity (Wildman–Crippen MR) is 583 cm³/mol. The van der Waals surface area contributed by atoms with Gasteiger partial charge in [-0.1, -0.05) is 211 Å². The van der Waals surface area contributed by atoms with Crippen molar-refractivity contribution in [3.05, 3.63) is 228 Å². The number of piperazine rings is 4. The third-order valence-electron chi connectivity index (χ3n) is 28.2. The number of nitrogens with zero attached hydrogens (tertiary/aromatic N) is 14. The molecule has 0 unspecified atom stereocenters. The number of amides is 2. The quantitative estimate of drug-likeness (QED) is 0.0198. The zero-order valence-electron chi connectivity index (χ0n) is 78.9. The molecule has 10 N–H and O–H groups in total. The molecule has 13 aromatic rings. The van der Waals surface area contributed by atoms with E-state index in [0.717, 1.165) is 216 Å². The summed E-state index contributed by atoms with van der Waals surface area (Å²) in [5.74, 6) is 5.36. The average molecular weight is 2030 g/mol. The molecule has 4 aliphatic carbocycles. The van der Waals surface area contributed by atoms with Gasteiger partial charge < -0.3 is 76.2 Å². The van der Waals surface area contributed by atoms with Gasteiger partial charge in [0.15, 0.2) is 0 Å². The summed E-state index contributed by atoms with van der Waals surface area (Å²) in [6.45, 7) is 27.3. The van der Waals surface area contributed by atoms with Crippen molar-refractivity contribution in [2.24, 2.45) is 23.7 Å². The molecule has 8 aliphatic rings. The van der Waals surface area contributed by atoms with Crippen molar-refractivity contribution in [1.29, 1.82) is 0 Å². The van der Waals surface area contributed by atoms with Gasteiger partial charge in [0, 0.05) is 246 Å². The lowest BCUT2D eigenvalue weighted by atomic mass is 9.85. The van der Waals surface area contributed by atoms with Crippen molar-refractivity contribution < 1.29 is 19.1 Å². The maximum Gasteiger partial charge on any atom is 0.410 e. The summed E-state index contributed by atoms with van der Waals surface area (Å²) < 4.78 is 5.52. The Balaban J connectivity index is 0.000000148. The van der Waals surface area contributed by atoms with E-state index in [-0.39, 0.29) is 34.3 Å². The molecule has 8 aromatic heterocycles. The van der Waals surface area contributed by atoms with Gasteiger partial charge in [-0.3, -0.25) is 19.4 Å². The molecule has 28 nitrogen and oxygen atoms in total. The highest BCUT2D eigenvalue weighted by atomic mass is 35.5. The number of nitrogens with one attached hydrogen (secondary N) is 10. The van der Waals surface area contributed by atoms with Crippen LogP contribution in [0.4, 0.5) is 28.6 Å². The molecule has 8 fully saturated rings. The summed E-state index contributed by atoms with van der Waals surface area (Å²) in [7, 11) is 0. The number of anilines is 4. The molecule has 8 atom stereocenters. The standard InChI is InChI=1S/C31H35ClN6O2.C26H31ClN6O.2C23H29ClN6.C3H3ClO.3CH4/c32-27-19-34-30(36-29(27)26-18-33-28-12-5-4-11-25(26)28)35-24-10-6-9-23(17-24)20-37-13-15-38(16-14-37)31(39)40-21-22-7-2-1-3-8-22;1-2-24(34)33-12-10-32(11-13-33)17-18-6-5-7-19(14-18)30-26-29-16-22(27)25(31-26)21-15-28-23-9-4-3-8-20(21)23;2*24-20-14-27-23(29-22(20)19-13-26-21-7-2-1-6-18(19)21)28-17-5-3-4-16(12-17)15-30-10-8-25-9-11-30;1-2-3(4)5;;;/h1-5,7-8,11-12,18-19,23-24,33H,6,9-10,13-17,20-21H2,(H,34,35,36);2-4,8-9,15-16,18-19,28H,1,5-7,10-14,17H2,(H,29,30,31);2*1-2,6-7,13-14,16-17,25-26H,3-5,8-12,15H2,(H,27,28,29);2H,1H2;3*1H4/t23-,24+;18-,19+;2*16-,17+;;;;/m1111..../s1. The van der Waals surface area contributed by atoms with Crippen LogP contribution in [0.2, 0.25) is 20.1 Å². The number of aromatic amines is 4. The van der Waals surface area contributed by atoms with Gasteiger partial charge in [0.1, 0.15) is 6.61 Å². The number of carbonyl (C=O) groups is 3. The number of hydrogen-bond donors (Lipinski definition) is 10. The van der Waals surface area contributed by atoms with Crippen molar-refractivity contribution >= 4 is 143 Å². The maximum atomic E-state index is 12.5. The second kappa shape index (κ2) is 52.9. The minimum absolute atomic E-state index is 0. The number of allylic oxidation sites excluding steroid dienone is 1. The molecule has 2 amide bonds. The third kappa shape index (κ3) is 28.9. The Labute approximate surface area is 860 Å². The van der Waals surface area contributed by atoms with E-state index in [2.05, 4.69) is 141 Å². The third-order valence-corrected chi connectivity index (χ3v) is 29.4. The second-order valence-corrected chi connectivity index (χ2v) is 39.8. The smallest absolute Gasteiger partial charge is 0.410 e. The fraction of sp³-hybridized carbons (Fsp3) is 0.440. The maximum absolute atomic E-state index is 12.5. The minimum atomic E-state index is -0.509. The van der Waals surface area contributed by atoms with Crippen LogP contribution < -0.4 is 31.9 Å². The largest absolute Gasteiger partial charge is 0.445 e. The molecule has 4 saturated heterocycles. The monoisotopic (exact) mass is 2020 g/mol. The van der Waals surface area contributed by atoms with E-state index in [9.17, 15) is 14.4 Å². The van der Waals surface area contributed by atoms with Crippen LogP contribution in [0.1, 0.15) is 131 Å². The number of hydrogen-bond acceptors (Lipinski definition) is 22. The normalized spacial score (nSPS) is 20.7. The molecule has 4 saturated carbocycles. The van der Waals surface area contributed by atoms with Crippen LogP contribution in [0.3, 0.4) is 0 Å². The van der Waals surface area contributed by atoms with Crippen LogP contribution >= 0.6 is 58.0 Å². The fourth-order valence-electron chi connectivity index (χ4n) is 21.1. The Bertz CT molecular complexity index is 6070. The number of H-pyrrole nitrogens is 4. The molecule has 754 valence electrons. The van der Waals surface area contributed by atoms with Crippen LogP contribution in [-0.2, 0) is 20.9 Å². The predicted octanol–water partition coefficient (Wildman–Crippen LogP) is 21.9. The van der Waals surface area contributed by atoms with E-state index in [0.29, 0.717) is 99.6 Å². The van der Waals surface area contributed by atoms with Gasteiger partial charge in [0.2, 0.25) is 34.9 Å². The fourth-order valence-corrected chi connectivity index (χ4v) is 21.9. The first-order valence-electron chi connectivity index (χ1n) is 49.4. The SMILES string of the molecule is C.C.C.C=CC(=O)Cl.C=CC(=O)N1CCN(C[C@@H]2CCC[C@H](Nc3ncc(Cl)c(-c4c[nH]c5ccccc45)n3)C2)CC1.Clc1cnc(N[C@H]2CCC[C@@H](CN3CCNCC3)C2)nc1-c1c[nH]c2ccccc12.Clc1cnc(N[C@H]2CCC[C@@H](CN3CCNCC3)C2)nc1-c1c[nH]c2ccccc12.O=C(OCc1ccccc1)N1CCN(C[C@@H]2CCC[C@H](Nc3ncc(Cl)c(-c4c[nH]c5ccccc45)n3)C2)CC1. The lowest BCUT2D eigenvalue weighted by molar-refractivity contribution is -0.127. The van der Waals surface area contributed by atoms with Crippen LogP contribution in [-0.4, -0.2) is 262 Å². The van der Waals surface area contributed by atoms with E-state index < -0.39 is 5.24 Å². The van der Waals surface area contributed by atoms with Crippen molar-refractivity contribution in [1.82, 2.24) is 99.8 Å². The number of aromatic nitrogens is 12. The molecule has 142 heavy (non-hydrogen) atoms. The molecule has 0 radical (unpaired) electrons. The van der Waals surface area contributed by atoms with Crippen LogP contribution in [0.15, 0.2) is 202 Å². The van der Waals surface area contributed by atoms with Crippen molar-refractivity contribution in [2.75, 3.05) is 152 Å². The van der Waals surface area contributed by atoms with Crippen molar-refractivity contribution in [3.8, 4) is 45.0 Å². The number of fused-ring (bicyclic) bond motifs is 4. The summed E-state index contributed by atoms with van der Waals surface area (Å²) in [6.07, 6.45) is 36.0. The summed E-state index contributed by atoms with van der Waals surface area (Å²) >= 11 is 30.7. The van der Waals surface area contributed by atoms with E-state index >= 15 is 0 Å². The molecule has 4 aliphatic heterocycles. The molecule has 33 heteroatoms. The number of benzene rings is 5. The van der Waals surface area contributed by atoms with Crippen LogP contribution in [0.25, 0.3) is 88.6 Å². The first-order valence-corrected chi connectivity index (χ1v) is 51.3. The Hall–Kier alpha value is -11.1. The van der Waals surface area contributed by atoms with Gasteiger partial charge in [0.25, 0.3) is 0 Å². The average Bonchev–Trinajstić information content (AvgIpc) is 1.64. The topological polar surface area (TPSA) is 318 Å². The van der Waals surface area contributed by atoms with Crippen molar-refractivity contribution in [3.63, 3.8) is 0 Å². The van der Waals surface area contributed by atoms with Gasteiger partial charge >= 0.3 is 6.09 Å². The number of carbonyl (C=O) groups excluding carboxylic acids is 3. The van der Waals surface area contributed by atoms with Crippen molar-refractivity contribution in [2.45, 2.75) is 156 Å². The lowest BCUT2D eigenvalue weighted by Crippen LogP contribution is -2.50. The number of halogens is 5. The van der Waals surface area contributed by atoms with Crippen LogP contribution in [0.5, 0.6) is 0 Å². The highest BCUT2D eigenvalue weighted by molar-refractivity contribution is 6.66. The van der Waals surface area contributed by atoms with E-state index in [1.165, 1.54) is 122 Å². The number of para-hydroxylation sites is 4. The summed E-state index contributed by atoms with van der Waals surface area (Å²) in [5, 5.41) is 27.4. The molecule has 21 rings (SSSR count). The minimum Gasteiger partial charge on any atom is -0.445 e. The van der Waals surface area contributed by atoms with E-state index in [1.54, 1.807) is 24.8 Å². The lowest BCUT2D eigenvalue weighted by Gasteiger charge is -2.38. The summed E-state index contributed by atoms with van der Waals surface area (Å²) in [5.41, 5.74) is 12.3. The van der Waals surface area contributed by atoms with Crippen LogP contribution in [0, 0.1) is 23.7 Å². The molecule has 0 bridgehead atoms. The molecule has 5 aromatic carbocycles. The number of rotatable bonds is 24. The number of ether oxygens (including phenoxy) is 1. The first-order chi connectivity index (χ1) is 68.0. The summed E-state index contributed by atoms with van der Waals surface area (Å²) in [6, 6.07) is 44.1. The highest BCUT2D eigenvalue weighted by Gasteiger charge is 2.33. The van der Waals surface area contributed by atoms with E-state index in [4.69, 9.17) is 82.7 Å². The summed E-state index contributed by atoms with van der Waals surface area (Å²) in [4.78, 5) is 98.1. The van der Waals surface area contributed by atoms with Gasteiger partial charge in [-0.05, 0) is 154 Å². The Morgan fingerprint density at radius 1 is 0.366 bits per heavy atom. The Morgan fingerprint density at radius 2 is 0.641 bits per heavy atom. The first kappa shape index (κ1) is 107. The zero-order chi connectivity index (χ0) is 95.8. The molecular weight excluding hydrogens is 1890 g/mol. The Morgan fingerprint density at radius 3 is 0.930 bits per heavy atom. The van der Waals surface area contributed by atoms with Gasteiger partial charge in [0.05, 0.1) is 67.7 Å². The molecular formula is C109H139Cl5N24O4. The molecule has 0 spiro atoms. The zero-order valence-corrected chi connectivity index (χ0v) is 82.7. The second-order valence-electron chi connectivity index (χ2n) is 37.8. The Kier molecular flexibility index (Phi) is 39.8.